The molecule has 7 heteroatoms. The molecule has 2 aromatic rings. The van der Waals surface area contributed by atoms with Crippen molar-refractivity contribution in [2.45, 2.75) is 24.8 Å². The molecule has 1 aliphatic rings. The Morgan fingerprint density at radius 1 is 1.21 bits per heavy atom. The summed E-state index contributed by atoms with van der Waals surface area (Å²) in [5.41, 5.74) is 1.40. The number of phenols is 1. The molecule has 0 bridgehead atoms. The lowest BCUT2D eigenvalue weighted by Gasteiger charge is -2.27. The van der Waals surface area contributed by atoms with Gasteiger partial charge >= 0.3 is 0 Å². The second-order valence-electron chi connectivity index (χ2n) is 5.64. The average Bonchev–Trinajstić information content (AvgIpc) is 2.56. The zero-order valence-electron chi connectivity index (χ0n) is 13.4. The molecular formula is C17H18O6S. The Labute approximate surface area is 140 Å². The van der Waals surface area contributed by atoms with Crippen LogP contribution in [0.15, 0.2) is 41.3 Å². The highest BCUT2D eigenvalue weighted by Gasteiger charge is 2.26. The van der Waals surface area contributed by atoms with Crippen LogP contribution >= 0.6 is 0 Å². The Balaban J connectivity index is 1.72. The Morgan fingerprint density at radius 2 is 2.00 bits per heavy atom. The minimum absolute atomic E-state index is 0.0594. The largest absolute Gasteiger partial charge is 0.508 e. The van der Waals surface area contributed by atoms with Crippen LogP contribution in [0.4, 0.5) is 0 Å². The smallest absolute Gasteiger partial charge is 0.297 e. The van der Waals surface area contributed by atoms with Crippen LogP contribution in [0, 0.1) is 13.8 Å². The number of fused-ring (bicyclic) bond motifs is 1. The predicted octanol–water partition coefficient (Wildman–Crippen LogP) is 2.55. The monoisotopic (exact) mass is 350 g/mol. The molecule has 0 spiro atoms. The van der Waals surface area contributed by atoms with Gasteiger partial charge in [0.1, 0.15) is 23.9 Å². The van der Waals surface area contributed by atoms with Gasteiger partial charge in [-0.2, -0.15) is 8.42 Å². The summed E-state index contributed by atoms with van der Waals surface area (Å²) in [6.07, 6.45) is -0.536. The van der Waals surface area contributed by atoms with Crippen LogP contribution in [0.25, 0.3) is 0 Å². The van der Waals surface area contributed by atoms with Gasteiger partial charge < -0.3 is 14.6 Å². The third-order valence-corrected chi connectivity index (χ3v) is 5.16. The quantitative estimate of drug-likeness (QED) is 0.854. The van der Waals surface area contributed by atoms with Gasteiger partial charge in [-0.15, -0.1) is 0 Å². The highest BCUT2D eigenvalue weighted by atomic mass is 32.2. The topological polar surface area (TPSA) is 82.1 Å². The number of ether oxygens (including phenoxy) is 2. The van der Waals surface area contributed by atoms with Crippen molar-refractivity contribution in [2.24, 2.45) is 0 Å². The lowest BCUT2D eigenvalue weighted by Crippen LogP contribution is -2.34. The Kier molecular flexibility index (Phi) is 4.38. The van der Waals surface area contributed by atoms with Crippen molar-refractivity contribution in [1.82, 2.24) is 0 Å². The summed E-state index contributed by atoms with van der Waals surface area (Å²) in [5.74, 6) is 1.10. The van der Waals surface area contributed by atoms with Crippen LogP contribution in [0.2, 0.25) is 0 Å². The Bertz CT molecular complexity index is 859. The number of hydrogen-bond donors (Lipinski definition) is 1. The summed E-state index contributed by atoms with van der Waals surface area (Å²) in [6.45, 7) is 3.55. The van der Waals surface area contributed by atoms with Gasteiger partial charge in [0.05, 0.1) is 0 Å². The van der Waals surface area contributed by atoms with Crippen molar-refractivity contribution in [1.29, 1.82) is 0 Å². The molecule has 0 saturated carbocycles. The first-order valence-corrected chi connectivity index (χ1v) is 8.86. The zero-order chi connectivity index (χ0) is 17.3. The van der Waals surface area contributed by atoms with Gasteiger partial charge in [0.15, 0.2) is 17.6 Å². The molecule has 0 saturated heterocycles. The van der Waals surface area contributed by atoms with Crippen LogP contribution in [-0.2, 0) is 14.3 Å². The van der Waals surface area contributed by atoms with E-state index in [0.29, 0.717) is 17.1 Å². The van der Waals surface area contributed by atoms with Gasteiger partial charge in [0, 0.05) is 6.07 Å². The molecule has 1 aliphatic heterocycles. The fourth-order valence-electron chi connectivity index (χ4n) is 2.44. The van der Waals surface area contributed by atoms with Gasteiger partial charge in [-0.3, -0.25) is 4.18 Å². The maximum absolute atomic E-state index is 12.3. The first-order chi connectivity index (χ1) is 11.4. The van der Waals surface area contributed by atoms with Crippen LogP contribution < -0.4 is 9.47 Å². The van der Waals surface area contributed by atoms with Crippen molar-refractivity contribution >= 4 is 10.1 Å². The lowest BCUT2D eigenvalue weighted by atomic mass is 10.2. The number of aryl methyl sites for hydroxylation is 2. The van der Waals surface area contributed by atoms with Crippen LogP contribution in [0.5, 0.6) is 17.2 Å². The standard InChI is InChI=1S/C17H18O6S/c1-11-6-7-13(18)8-16(11)24(19,20)22-10-14-9-21-15-5-3-4-12(2)17(15)23-14/h3-8,14,18H,9-10H2,1-2H3. The average molecular weight is 350 g/mol. The molecule has 3 rings (SSSR count). The first kappa shape index (κ1) is 16.6. The van der Waals surface area contributed by atoms with Crippen LogP contribution in [0.1, 0.15) is 11.1 Å². The van der Waals surface area contributed by atoms with E-state index in [1.165, 1.54) is 18.2 Å². The third kappa shape index (κ3) is 3.32. The summed E-state index contributed by atoms with van der Waals surface area (Å²) in [4.78, 5) is -0.0594. The van der Waals surface area contributed by atoms with E-state index in [0.717, 1.165) is 5.56 Å². The molecule has 0 amide bonds. The van der Waals surface area contributed by atoms with Crippen molar-refractivity contribution in [2.75, 3.05) is 13.2 Å². The van der Waals surface area contributed by atoms with E-state index in [2.05, 4.69) is 0 Å². The third-order valence-electron chi connectivity index (χ3n) is 3.74. The van der Waals surface area contributed by atoms with Crippen molar-refractivity contribution < 1.29 is 27.2 Å². The van der Waals surface area contributed by atoms with Crippen LogP contribution in [-0.4, -0.2) is 32.8 Å². The molecule has 24 heavy (non-hydrogen) atoms. The first-order valence-electron chi connectivity index (χ1n) is 7.45. The van der Waals surface area contributed by atoms with Gasteiger partial charge in [-0.05, 0) is 37.1 Å². The highest BCUT2D eigenvalue weighted by molar-refractivity contribution is 7.86. The van der Waals surface area contributed by atoms with Crippen molar-refractivity contribution in [3.8, 4) is 17.2 Å². The minimum atomic E-state index is -4.00. The second kappa shape index (κ2) is 6.33. The number of para-hydroxylation sites is 1. The van der Waals surface area contributed by atoms with Crippen molar-refractivity contribution in [3.05, 3.63) is 47.5 Å². The maximum Gasteiger partial charge on any atom is 0.297 e. The Hall–Kier alpha value is -2.25. The molecule has 2 aromatic carbocycles. The second-order valence-corrected chi connectivity index (χ2v) is 7.23. The number of rotatable bonds is 4. The minimum Gasteiger partial charge on any atom is -0.508 e. The molecule has 1 atom stereocenters. The molecule has 1 unspecified atom stereocenters. The number of hydrogen-bond acceptors (Lipinski definition) is 6. The molecule has 128 valence electrons. The van der Waals surface area contributed by atoms with Gasteiger partial charge in [0.2, 0.25) is 0 Å². The van der Waals surface area contributed by atoms with Crippen molar-refractivity contribution in [3.63, 3.8) is 0 Å². The highest BCUT2D eigenvalue weighted by Crippen LogP contribution is 2.34. The molecule has 0 fully saturated rings. The predicted molar refractivity (Wildman–Crippen MR) is 87.1 cm³/mol. The van der Waals surface area contributed by atoms with E-state index < -0.39 is 16.2 Å². The molecule has 0 aromatic heterocycles. The molecule has 1 N–H and O–H groups in total. The van der Waals surface area contributed by atoms with E-state index in [9.17, 15) is 13.5 Å². The molecule has 6 nitrogen and oxygen atoms in total. The van der Waals surface area contributed by atoms with Gasteiger partial charge in [-0.25, -0.2) is 0 Å². The number of phenolic OH excluding ortho intramolecular Hbond substituents is 1. The van der Waals surface area contributed by atoms with E-state index >= 15 is 0 Å². The van der Waals surface area contributed by atoms with Gasteiger partial charge in [0.25, 0.3) is 10.1 Å². The summed E-state index contributed by atoms with van der Waals surface area (Å²) >= 11 is 0. The zero-order valence-corrected chi connectivity index (χ0v) is 14.2. The van der Waals surface area contributed by atoms with E-state index in [-0.39, 0.29) is 23.9 Å². The van der Waals surface area contributed by atoms with E-state index in [1.807, 2.05) is 19.1 Å². The molecule has 0 radical (unpaired) electrons. The summed E-state index contributed by atoms with van der Waals surface area (Å²) < 4.78 is 41.1. The lowest BCUT2D eigenvalue weighted by molar-refractivity contribution is 0.0548. The summed E-state index contributed by atoms with van der Waals surface area (Å²) in [5, 5.41) is 9.49. The Morgan fingerprint density at radius 3 is 2.79 bits per heavy atom. The normalized spacial score (nSPS) is 16.8. The molecule has 1 heterocycles. The number of aromatic hydroxyl groups is 1. The van der Waals surface area contributed by atoms with E-state index in [1.54, 1.807) is 13.0 Å². The molecular weight excluding hydrogens is 332 g/mol. The van der Waals surface area contributed by atoms with E-state index in [4.69, 9.17) is 13.7 Å². The summed E-state index contributed by atoms with van der Waals surface area (Å²) in [7, 11) is -4.00. The molecule has 0 aliphatic carbocycles. The number of benzene rings is 2. The van der Waals surface area contributed by atoms with Gasteiger partial charge in [-0.1, -0.05) is 18.2 Å². The van der Waals surface area contributed by atoms with Crippen LogP contribution in [0.3, 0.4) is 0 Å². The fourth-order valence-corrected chi connectivity index (χ4v) is 3.63. The SMILES string of the molecule is Cc1ccc(O)cc1S(=O)(=O)OCC1COc2cccc(C)c2O1. The fraction of sp³-hybridized carbons (Fsp3) is 0.294. The summed E-state index contributed by atoms with van der Waals surface area (Å²) in [6, 6.07) is 9.66. The maximum atomic E-state index is 12.3.